The molecule has 2 aromatic heterocycles. The molecule has 2 aromatic carbocycles. The van der Waals surface area contributed by atoms with Gasteiger partial charge in [-0.1, -0.05) is 36.4 Å². The standard InChI is InChI=1S/C22H23N5/c1-26-10-8-18(9-11-26)27-13-19(20-21(23)24-14-25-22(20)27)17-7-6-15-4-2-3-5-16(15)12-17/h2-7,12-14,18H,8-11H2,1H3,(H2,23,24,25). The Bertz CT molecular complexity index is 1120. The van der Waals surface area contributed by atoms with Crippen molar-refractivity contribution in [2.75, 3.05) is 25.9 Å². The van der Waals surface area contributed by atoms with Gasteiger partial charge in [0.1, 0.15) is 17.8 Å². The van der Waals surface area contributed by atoms with E-state index in [0.717, 1.165) is 48.1 Å². The molecule has 0 saturated carbocycles. The summed E-state index contributed by atoms with van der Waals surface area (Å²) >= 11 is 0. The number of nitrogens with zero attached hydrogens (tertiary/aromatic N) is 4. The molecule has 5 rings (SSSR count). The summed E-state index contributed by atoms with van der Waals surface area (Å²) in [6.07, 6.45) is 6.06. The summed E-state index contributed by atoms with van der Waals surface area (Å²) < 4.78 is 2.32. The molecule has 0 bridgehead atoms. The lowest BCUT2D eigenvalue weighted by Crippen LogP contribution is -2.31. The van der Waals surface area contributed by atoms with Gasteiger partial charge in [-0.2, -0.15) is 0 Å². The number of anilines is 1. The second kappa shape index (κ2) is 6.35. The fourth-order valence-corrected chi connectivity index (χ4v) is 4.24. The number of fused-ring (bicyclic) bond motifs is 2. The third kappa shape index (κ3) is 2.75. The number of hydrogen-bond donors (Lipinski definition) is 1. The zero-order valence-electron chi connectivity index (χ0n) is 15.5. The summed E-state index contributed by atoms with van der Waals surface area (Å²) in [5.41, 5.74) is 9.52. The molecule has 1 aliphatic rings. The number of piperidine rings is 1. The van der Waals surface area contributed by atoms with Crippen LogP contribution in [0.2, 0.25) is 0 Å². The van der Waals surface area contributed by atoms with Crippen LogP contribution in [-0.4, -0.2) is 39.6 Å². The molecule has 4 aromatic rings. The van der Waals surface area contributed by atoms with Crippen molar-refractivity contribution < 1.29 is 0 Å². The van der Waals surface area contributed by atoms with Crippen LogP contribution in [0, 0.1) is 0 Å². The highest BCUT2D eigenvalue weighted by atomic mass is 15.1. The Morgan fingerprint density at radius 2 is 1.78 bits per heavy atom. The summed E-state index contributed by atoms with van der Waals surface area (Å²) in [6, 6.07) is 15.5. The van der Waals surface area contributed by atoms with Crippen LogP contribution in [0.15, 0.2) is 55.0 Å². The Morgan fingerprint density at radius 1 is 1.00 bits per heavy atom. The first kappa shape index (κ1) is 16.3. The fourth-order valence-electron chi connectivity index (χ4n) is 4.24. The van der Waals surface area contributed by atoms with E-state index in [-0.39, 0.29) is 0 Å². The van der Waals surface area contributed by atoms with Crippen molar-refractivity contribution in [1.82, 2.24) is 19.4 Å². The molecule has 2 N–H and O–H groups in total. The number of likely N-dealkylation sites (tertiary alicyclic amines) is 1. The number of nitrogen functional groups attached to an aromatic ring is 1. The smallest absolute Gasteiger partial charge is 0.146 e. The highest BCUT2D eigenvalue weighted by Crippen LogP contribution is 2.37. The normalized spacial score (nSPS) is 16.3. The average Bonchev–Trinajstić information content (AvgIpc) is 3.09. The van der Waals surface area contributed by atoms with Crippen LogP contribution in [-0.2, 0) is 0 Å². The largest absolute Gasteiger partial charge is 0.383 e. The average molecular weight is 357 g/mol. The predicted molar refractivity (Wildman–Crippen MR) is 111 cm³/mol. The van der Waals surface area contributed by atoms with Crippen molar-refractivity contribution in [3.63, 3.8) is 0 Å². The zero-order valence-corrected chi connectivity index (χ0v) is 15.5. The maximum absolute atomic E-state index is 6.30. The molecule has 136 valence electrons. The van der Waals surface area contributed by atoms with E-state index >= 15 is 0 Å². The Labute approximate surface area is 158 Å². The van der Waals surface area contributed by atoms with E-state index < -0.39 is 0 Å². The maximum atomic E-state index is 6.30. The molecule has 0 unspecified atom stereocenters. The van der Waals surface area contributed by atoms with Crippen LogP contribution in [0.3, 0.4) is 0 Å². The van der Waals surface area contributed by atoms with Crippen LogP contribution in [0.1, 0.15) is 18.9 Å². The minimum atomic E-state index is 0.451. The van der Waals surface area contributed by atoms with Crippen LogP contribution in [0.4, 0.5) is 5.82 Å². The molecule has 27 heavy (non-hydrogen) atoms. The first-order valence-corrected chi connectivity index (χ1v) is 9.49. The van der Waals surface area contributed by atoms with Crippen LogP contribution in [0.5, 0.6) is 0 Å². The molecule has 0 amide bonds. The van der Waals surface area contributed by atoms with Gasteiger partial charge < -0.3 is 15.2 Å². The van der Waals surface area contributed by atoms with Crippen molar-refractivity contribution in [3.05, 3.63) is 55.0 Å². The maximum Gasteiger partial charge on any atom is 0.146 e. The molecule has 0 aliphatic carbocycles. The molecule has 3 heterocycles. The SMILES string of the molecule is CN1CCC(n2cc(-c3ccc4ccccc4c3)c3c(N)ncnc32)CC1. The molecule has 1 saturated heterocycles. The Morgan fingerprint density at radius 3 is 2.59 bits per heavy atom. The van der Waals surface area contributed by atoms with Gasteiger partial charge in [-0.25, -0.2) is 9.97 Å². The van der Waals surface area contributed by atoms with Crippen LogP contribution in [0.25, 0.3) is 32.9 Å². The quantitative estimate of drug-likeness (QED) is 0.587. The third-order valence-corrected chi connectivity index (χ3v) is 5.78. The first-order valence-electron chi connectivity index (χ1n) is 9.49. The molecule has 1 aliphatic heterocycles. The lowest BCUT2D eigenvalue weighted by atomic mass is 10.0. The summed E-state index contributed by atoms with van der Waals surface area (Å²) in [7, 11) is 2.19. The monoisotopic (exact) mass is 357 g/mol. The van der Waals surface area contributed by atoms with Crippen LogP contribution >= 0.6 is 0 Å². The molecular weight excluding hydrogens is 334 g/mol. The van der Waals surface area contributed by atoms with Crippen molar-refractivity contribution in [3.8, 4) is 11.1 Å². The van der Waals surface area contributed by atoms with Crippen molar-refractivity contribution in [1.29, 1.82) is 0 Å². The van der Waals surface area contributed by atoms with E-state index in [9.17, 15) is 0 Å². The summed E-state index contributed by atoms with van der Waals surface area (Å²) in [6.45, 7) is 2.21. The van der Waals surface area contributed by atoms with Crippen LogP contribution < -0.4 is 5.73 Å². The lowest BCUT2D eigenvalue weighted by molar-refractivity contribution is 0.224. The van der Waals surface area contributed by atoms with E-state index in [1.54, 1.807) is 6.33 Å². The molecule has 0 atom stereocenters. The van der Waals surface area contributed by atoms with Gasteiger partial charge in [0.25, 0.3) is 0 Å². The summed E-state index contributed by atoms with van der Waals surface area (Å²) in [5.74, 6) is 0.551. The number of rotatable bonds is 2. The van der Waals surface area contributed by atoms with Gasteiger partial charge in [-0.3, -0.25) is 0 Å². The number of aromatic nitrogens is 3. The molecule has 0 radical (unpaired) electrons. The zero-order chi connectivity index (χ0) is 18.4. The van der Waals surface area contributed by atoms with Gasteiger partial charge in [0.2, 0.25) is 0 Å². The fraction of sp³-hybridized carbons (Fsp3) is 0.273. The van der Waals surface area contributed by atoms with E-state index in [1.165, 1.54) is 10.8 Å². The van der Waals surface area contributed by atoms with Crippen molar-refractivity contribution in [2.24, 2.45) is 0 Å². The molecular formula is C22H23N5. The van der Waals surface area contributed by atoms with Gasteiger partial charge in [-0.15, -0.1) is 0 Å². The third-order valence-electron chi connectivity index (χ3n) is 5.78. The van der Waals surface area contributed by atoms with E-state index in [2.05, 4.69) is 75.1 Å². The highest BCUT2D eigenvalue weighted by molar-refractivity contribution is 6.02. The first-order chi connectivity index (χ1) is 13.2. The van der Waals surface area contributed by atoms with Gasteiger partial charge in [0, 0.05) is 17.8 Å². The second-order valence-electron chi connectivity index (χ2n) is 7.50. The van der Waals surface area contributed by atoms with E-state index in [4.69, 9.17) is 5.73 Å². The summed E-state index contributed by atoms with van der Waals surface area (Å²) in [5, 5.41) is 3.43. The lowest BCUT2D eigenvalue weighted by Gasteiger charge is -2.30. The minimum absolute atomic E-state index is 0.451. The Hall–Kier alpha value is -2.92. The number of benzene rings is 2. The predicted octanol–water partition coefficient (Wildman–Crippen LogP) is 4.10. The minimum Gasteiger partial charge on any atom is -0.383 e. The second-order valence-corrected chi connectivity index (χ2v) is 7.50. The molecule has 5 nitrogen and oxygen atoms in total. The van der Waals surface area contributed by atoms with Gasteiger partial charge in [0.15, 0.2) is 0 Å². The molecule has 1 fully saturated rings. The number of hydrogen-bond acceptors (Lipinski definition) is 4. The Balaban J connectivity index is 1.69. The van der Waals surface area contributed by atoms with Gasteiger partial charge in [0.05, 0.1) is 5.39 Å². The van der Waals surface area contributed by atoms with Gasteiger partial charge in [-0.05, 0) is 55.4 Å². The number of nitrogens with two attached hydrogens (primary N) is 1. The van der Waals surface area contributed by atoms with Crippen molar-refractivity contribution in [2.45, 2.75) is 18.9 Å². The summed E-state index contributed by atoms with van der Waals surface area (Å²) in [4.78, 5) is 11.3. The molecule has 5 heteroatoms. The van der Waals surface area contributed by atoms with E-state index in [1.807, 2.05) is 0 Å². The van der Waals surface area contributed by atoms with Crippen molar-refractivity contribution >= 4 is 27.6 Å². The van der Waals surface area contributed by atoms with E-state index in [0.29, 0.717) is 11.9 Å². The molecule has 0 spiro atoms. The highest BCUT2D eigenvalue weighted by Gasteiger charge is 2.23. The van der Waals surface area contributed by atoms with Gasteiger partial charge >= 0.3 is 0 Å². The Kier molecular flexibility index (Phi) is 3.83. The topological polar surface area (TPSA) is 60.0 Å².